The summed E-state index contributed by atoms with van der Waals surface area (Å²) in [6.07, 6.45) is 3.11. The average Bonchev–Trinajstić information content (AvgIpc) is 2.37. The predicted octanol–water partition coefficient (Wildman–Crippen LogP) is 1.35. The van der Waals surface area contributed by atoms with Crippen LogP contribution in [-0.2, 0) is 9.59 Å². The first-order valence-electron chi connectivity index (χ1n) is 6.58. The van der Waals surface area contributed by atoms with E-state index in [9.17, 15) is 14.4 Å². The van der Waals surface area contributed by atoms with Crippen molar-refractivity contribution in [3.05, 3.63) is 12.2 Å². The van der Waals surface area contributed by atoms with Crippen molar-refractivity contribution >= 4 is 18.0 Å². The van der Waals surface area contributed by atoms with Crippen LogP contribution < -0.4 is 10.6 Å². The van der Waals surface area contributed by atoms with E-state index >= 15 is 0 Å². The molecule has 114 valence electrons. The maximum atomic E-state index is 11.3. The van der Waals surface area contributed by atoms with Crippen molar-refractivity contribution < 1.29 is 24.6 Å². The fourth-order valence-electron chi connectivity index (χ4n) is 1.45. The molecule has 0 saturated heterocycles. The Hall–Kier alpha value is -2.05. The standard InChI is InChI=1S/C13H22N2O5/c1-10(12(18)19)6-5-9-15-13(20)14-8-4-2-3-7-11(16)17/h1-9H2,(H,16,17)(H,18,19)(H2,14,15,20). The van der Waals surface area contributed by atoms with E-state index in [2.05, 4.69) is 17.2 Å². The molecule has 0 bridgehead atoms. The van der Waals surface area contributed by atoms with Gasteiger partial charge in [0, 0.05) is 25.1 Å². The number of carboxylic acids is 2. The van der Waals surface area contributed by atoms with Gasteiger partial charge in [-0.2, -0.15) is 0 Å². The van der Waals surface area contributed by atoms with Gasteiger partial charge in [-0.1, -0.05) is 13.0 Å². The summed E-state index contributed by atoms with van der Waals surface area (Å²) in [5.74, 6) is -1.82. The van der Waals surface area contributed by atoms with Gasteiger partial charge < -0.3 is 20.8 Å². The van der Waals surface area contributed by atoms with Crippen LogP contribution in [0.3, 0.4) is 0 Å². The third kappa shape index (κ3) is 11.1. The molecule has 0 heterocycles. The first kappa shape index (κ1) is 17.9. The summed E-state index contributed by atoms with van der Waals surface area (Å²) in [5.41, 5.74) is 0.130. The highest BCUT2D eigenvalue weighted by Crippen LogP contribution is 2.01. The normalized spacial score (nSPS) is 9.80. The molecule has 0 aliphatic carbocycles. The molecule has 0 atom stereocenters. The van der Waals surface area contributed by atoms with Gasteiger partial charge in [-0.25, -0.2) is 9.59 Å². The molecule has 0 saturated carbocycles. The van der Waals surface area contributed by atoms with Crippen LogP contribution in [0.25, 0.3) is 0 Å². The van der Waals surface area contributed by atoms with E-state index in [0.717, 1.165) is 12.8 Å². The van der Waals surface area contributed by atoms with Gasteiger partial charge in [0.05, 0.1) is 0 Å². The number of carboxylic acid groups (broad SMARTS) is 2. The molecule has 0 radical (unpaired) electrons. The van der Waals surface area contributed by atoms with E-state index < -0.39 is 11.9 Å². The highest BCUT2D eigenvalue weighted by molar-refractivity contribution is 5.85. The van der Waals surface area contributed by atoms with Gasteiger partial charge in [-0.3, -0.25) is 4.79 Å². The summed E-state index contributed by atoms with van der Waals surface area (Å²) in [4.78, 5) is 32.0. The number of nitrogens with one attached hydrogen (secondary N) is 2. The highest BCUT2D eigenvalue weighted by Gasteiger charge is 2.04. The monoisotopic (exact) mass is 286 g/mol. The second-order valence-corrected chi connectivity index (χ2v) is 4.40. The van der Waals surface area contributed by atoms with Crippen molar-refractivity contribution in [2.45, 2.75) is 38.5 Å². The number of amides is 2. The van der Waals surface area contributed by atoms with Gasteiger partial charge in [0.25, 0.3) is 0 Å². The van der Waals surface area contributed by atoms with Gasteiger partial charge in [-0.15, -0.1) is 0 Å². The first-order valence-corrected chi connectivity index (χ1v) is 6.58. The third-order valence-electron chi connectivity index (χ3n) is 2.60. The number of hydrogen-bond donors (Lipinski definition) is 4. The number of urea groups is 1. The number of unbranched alkanes of at least 4 members (excludes halogenated alkanes) is 2. The smallest absolute Gasteiger partial charge is 0.330 e. The fraction of sp³-hybridized carbons (Fsp3) is 0.615. The molecule has 7 nitrogen and oxygen atoms in total. The molecule has 2 amide bonds. The van der Waals surface area contributed by atoms with E-state index in [0.29, 0.717) is 32.4 Å². The predicted molar refractivity (Wildman–Crippen MR) is 73.5 cm³/mol. The Labute approximate surface area is 118 Å². The number of aliphatic carboxylic acids is 2. The van der Waals surface area contributed by atoms with Crippen LogP contribution in [0.5, 0.6) is 0 Å². The largest absolute Gasteiger partial charge is 0.481 e. The number of rotatable bonds is 11. The molecule has 0 spiro atoms. The molecular weight excluding hydrogens is 264 g/mol. The lowest BCUT2D eigenvalue weighted by Crippen LogP contribution is -2.36. The summed E-state index contributed by atoms with van der Waals surface area (Å²) in [7, 11) is 0. The van der Waals surface area contributed by atoms with E-state index in [-0.39, 0.29) is 18.0 Å². The van der Waals surface area contributed by atoms with Gasteiger partial charge in [0.2, 0.25) is 0 Å². The van der Waals surface area contributed by atoms with Crippen molar-refractivity contribution in [3.8, 4) is 0 Å². The molecule has 20 heavy (non-hydrogen) atoms. The molecule has 0 unspecified atom stereocenters. The molecule has 0 aromatic rings. The van der Waals surface area contributed by atoms with Crippen molar-refractivity contribution in [3.63, 3.8) is 0 Å². The Balaban J connectivity index is 3.39. The summed E-state index contributed by atoms with van der Waals surface area (Å²) in [6.45, 7) is 4.27. The topological polar surface area (TPSA) is 116 Å². The molecule has 7 heteroatoms. The lowest BCUT2D eigenvalue weighted by molar-refractivity contribution is -0.137. The Morgan fingerprint density at radius 2 is 1.45 bits per heavy atom. The minimum Gasteiger partial charge on any atom is -0.481 e. The van der Waals surface area contributed by atoms with Crippen molar-refractivity contribution in [1.29, 1.82) is 0 Å². The molecule has 0 aromatic carbocycles. The maximum Gasteiger partial charge on any atom is 0.330 e. The zero-order valence-electron chi connectivity index (χ0n) is 11.5. The van der Waals surface area contributed by atoms with Crippen LogP contribution in [0.4, 0.5) is 4.79 Å². The van der Waals surface area contributed by atoms with Crippen LogP contribution >= 0.6 is 0 Å². The quantitative estimate of drug-likeness (QED) is 0.338. The lowest BCUT2D eigenvalue weighted by atomic mass is 10.2. The maximum absolute atomic E-state index is 11.3. The van der Waals surface area contributed by atoms with Crippen LogP contribution in [0.2, 0.25) is 0 Å². The Bertz CT molecular complexity index is 355. The Kier molecular flexibility index (Phi) is 9.72. The van der Waals surface area contributed by atoms with E-state index in [4.69, 9.17) is 10.2 Å². The second kappa shape index (κ2) is 10.8. The van der Waals surface area contributed by atoms with Crippen LogP contribution in [0, 0.1) is 0 Å². The molecule has 0 aliphatic rings. The van der Waals surface area contributed by atoms with E-state index in [1.807, 2.05) is 0 Å². The van der Waals surface area contributed by atoms with E-state index in [1.165, 1.54) is 0 Å². The number of hydrogen-bond acceptors (Lipinski definition) is 3. The Morgan fingerprint density at radius 1 is 0.850 bits per heavy atom. The molecule has 0 aromatic heterocycles. The van der Waals surface area contributed by atoms with Gasteiger partial charge in [0.15, 0.2) is 0 Å². The van der Waals surface area contributed by atoms with Gasteiger partial charge in [0.1, 0.15) is 0 Å². The van der Waals surface area contributed by atoms with Gasteiger partial charge in [-0.05, 0) is 25.7 Å². The Morgan fingerprint density at radius 3 is 2.00 bits per heavy atom. The number of carbonyl (C=O) groups is 3. The third-order valence-corrected chi connectivity index (χ3v) is 2.60. The van der Waals surface area contributed by atoms with E-state index in [1.54, 1.807) is 0 Å². The van der Waals surface area contributed by atoms with Gasteiger partial charge >= 0.3 is 18.0 Å². The van der Waals surface area contributed by atoms with Crippen molar-refractivity contribution in [2.75, 3.05) is 13.1 Å². The summed E-state index contributed by atoms with van der Waals surface area (Å²) in [5, 5.41) is 22.3. The summed E-state index contributed by atoms with van der Waals surface area (Å²) in [6, 6.07) is -0.302. The van der Waals surface area contributed by atoms with Crippen LogP contribution in [0.15, 0.2) is 12.2 Å². The molecular formula is C13H22N2O5. The second-order valence-electron chi connectivity index (χ2n) is 4.40. The van der Waals surface area contributed by atoms with Crippen molar-refractivity contribution in [1.82, 2.24) is 10.6 Å². The summed E-state index contributed by atoms with van der Waals surface area (Å²) < 4.78 is 0. The molecule has 0 fully saturated rings. The zero-order chi connectivity index (χ0) is 15.4. The van der Waals surface area contributed by atoms with Crippen LogP contribution in [-0.4, -0.2) is 41.3 Å². The highest BCUT2D eigenvalue weighted by atomic mass is 16.4. The molecule has 0 aliphatic heterocycles. The van der Waals surface area contributed by atoms with Crippen LogP contribution in [0.1, 0.15) is 38.5 Å². The first-order chi connectivity index (χ1) is 9.43. The minimum atomic E-state index is -1.02. The summed E-state index contributed by atoms with van der Waals surface area (Å²) >= 11 is 0. The molecule has 4 N–H and O–H groups in total. The minimum absolute atomic E-state index is 0.130. The molecule has 0 rings (SSSR count). The SMILES string of the molecule is C=C(CCCNC(=O)NCCCCCC(=O)O)C(=O)O. The number of carbonyl (C=O) groups excluding carboxylic acids is 1. The fourth-order valence-corrected chi connectivity index (χ4v) is 1.45. The lowest BCUT2D eigenvalue weighted by Gasteiger charge is -2.07. The zero-order valence-corrected chi connectivity index (χ0v) is 11.5. The average molecular weight is 286 g/mol. The van der Waals surface area contributed by atoms with Crippen molar-refractivity contribution in [2.24, 2.45) is 0 Å².